The van der Waals surface area contributed by atoms with E-state index in [1.54, 1.807) is 0 Å². The van der Waals surface area contributed by atoms with Gasteiger partial charge in [-0.1, -0.05) is 52.8 Å². The SMILES string of the molecule is C=C(C)[C@@H]1CC[C@H]([C@@H]2[C@@H](O)C[C@]3(C)C4=CC[C@H]5C(C)(C)C(=O)CC[C@]5(C)[C@H]4CC[C@@]23C)C(=O)O1. The predicted octanol–water partition coefficient (Wildman–Crippen LogP) is 6.03. The number of aliphatic hydroxyl groups excluding tert-OH is 1. The number of hydrogen-bond donors (Lipinski definition) is 1. The highest BCUT2D eigenvalue weighted by Gasteiger charge is 2.68. The van der Waals surface area contributed by atoms with E-state index in [1.807, 2.05) is 6.92 Å². The molecular formula is C30H44O4. The van der Waals surface area contributed by atoms with E-state index in [1.165, 1.54) is 5.57 Å². The van der Waals surface area contributed by atoms with Gasteiger partial charge >= 0.3 is 5.97 Å². The molecule has 0 radical (unpaired) electrons. The molecule has 0 amide bonds. The third-order valence-electron chi connectivity index (χ3n) is 11.9. The molecule has 0 aromatic heterocycles. The zero-order valence-electron chi connectivity index (χ0n) is 22.1. The Hall–Kier alpha value is -1.42. The number of Topliss-reactive ketones (excluding diaryl/α,β-unsaturated/α-hetero) is 1. The molecule has 5 aliphatic rings. The first-order chi connectivity index (χ1) is 15.8. The lowest BCUT2D eigenvalue weighted by Crippen LogP contribution is -2.57. The molecule has 4 aliphatic carbocycles. The van der Waals surface area contributed by atoms with Gasteiger partial charge in [0.2, 0.25) is 0 Å². The highest BCUT2D eigenvalue weighted by Crippen LogP contribution is 2.73. The second-order valence-corrected chi connectivity index (χ2v) is 13.7. The number of rotatable bonds is 2. The van der Waals surface area contributed by atoms with E-state index in [0.717, 1.165) is 44.1 Å². The second kappa shape index (κ2) is 7.54. The van der Waals surface area contributed by atoms with Crippen LogP contribution in [-0.4, -0.2) is 29.1 Å². The molecule has 1 N–H and O–H groups in total. The zero-order valence-corrected chi connectivity index (χ0v) is 22.1. The summed E-state index contributed by atoms with van der Waals surface area (Å²) in [6.07, 6.45) is 8.74. The lowest BCUT2D eigenvalue weighted by atomic mass is 9.41. The number of allylic oxidation sites excluding steroid dienone is 2. The first-order valence-electron chi connectivity index (χ1n) is 13.5. The number of hydrogen-bond acceptors (Lipinski definition) is 4. The third kappa shape index (κ3) is 2.99. The van der Waals surface area contributed by atoms with Crippen molar-refractivity contribution in [2.24, 2.45) is 45.3 Å². The quantitative estimate of drug-likeness (QED) is 0.397. The highest BCUT2D eigenvalue weighted by atomic mass is 16.5. The summed E-state index contributed by atoms with van der Waals surface area (Å²) in [5, 5.41) is 11.5. The van der Waals surface area contributed by atoms with Crippen molar-refractivity contribution in [3.05, 3.63) is 23.8 Å². The van der Waals surface area contributed by atoms with Crippen molar-refractivity contribution in [3.63, 3.8) is 0 Å². The van der Waals surface area contributed by atoms with Crippen LogP contribution in [0.3, 0.4) is 0 Å². The van der Waals surface area contributed by atoms with Crippen molar-refractivity contribution in [1.82, 2.24) is 0 Å². The number of carbonyl (C=O) groups excluding carboxylic acids is 2. The molecule has 34 heavy (non-hydrogen) atoms. The van der Waals surface area contributed by atoms with E-state index in [4.69, 9.17) is 4.74 Å². The average Bonchev–Trinajstić information content (AvgIpc) is 2.96. The molecule has 1 aliphatic heterocycles. The van der Waals surface area contributed by atoms with Gasteiger partial charge in [0.25, 0.3) is 0 Å². The van der Waals surface area contributed by atoms with Gasteiger partial charge in [-0.2, -0.15) is 0 Å². The highest BCUT2D eigenvalue weighted by molar-refractivity contribution is 5.85. The number of esters is 1. The van der Waals surface area contributed by atoms with Crippen LogP contribution in [0.2, 0.25) is 0 Å². The first-order valence-corrected chi connectivity index (χ1v) is 13.5. The zero-order chi connectivity index (χ0) is 24.8. The number of ketones is 1. The van der Waals surface area contributed by atoms with Crippen LogP contribution in [-0.2, 0) is 14.3 Å². The Morgan fingerprint density at radius 1 is 1.09 bits per heavy atom. The van der Waals surface area contributed by atoms with Crippen LogP contribution in [0.5, 0.6) is 0 Å². The average molecular weight is 469 g/mol. The molecule has 0 bridgehead atoms. The van der Waals surface area contributed by atoms with Crippen molar-refractivity contribution in [1.29, 1.82) is 0 Å². The van der Waals surface area contributed by atoms with Crippen molar-refractivity contribution < 1.29 is 19.4 Å². The fourth-order valence-corrected chi connectivity index (χ4v) is 9.74. The lowest BCUT2D eigenvalue weighted by molar-refractivity contribution is -0.167. The number of ether oxygens (including phenoxy) is 1. The minimum absolute atomic E-state index is 0.0761. The van der Waals surface area contributed by atoms with Gasteiger partial charge in [-0.25, -0.2) is 0 Å². The summed E-state index contributed by atoms with van der Waals surface area (Å²) in [5.41, 5.74) is 1.98. The number of cyclic esters (lactones) is 1. The summed E-state index contributed by atoms with van der Waals surface area (Å²) in [5.74, 6) is 0.777. The van der Waals surface area contributed by atoms with Crippen molar-refractivity contribution in [3.8, 4) is 0 Å². The topological polar surface area (TPSA) is 63.6 Å². The van der Waals surface area contributed by atoms with Crippen LogP contribution in [0.25, 0.3) is 0 Å². The summed E-state index contributed by atoms with van der Waals surface area (Å²) >= 11 is 0. The molecule has 188 valence electrons. The second-order valence-electron chi connectivity index (χ2n) is 13.7. The number of aliphatic hydroxyl groups is 1. The minimum atomic E-state index is -0.497. The summed E-state index contributed by atoms with van der Waals surface area (Å²) in [6, 6.07) is 0. The fraction of sp³-hybridized carbons (Fsp3) is 0.800. The fourth-order valence-electron chi connectivity index (χ4n) is 9.74. The molecule has 0 unspecified atom stereocenters. The molecule has 0 spiro atoms. The summed E-state index contributed by atoms with van der Waals surface area (Å²) in [6.45, 7) is 17.4. The molecule has 9 atom stereocenters. The van der Waals surface area contributed by atoms with Gasteiger partial charge in [0.15, 0.2) is 0 Å². The monoisotopic (exact) mass is 468 g/mol. The van der Waals surface area contributed by atoms with E-state index < -0.39 is 6.10 Å². The Bertz CT molecular complexity index is 961. The van der Waals surface area contributed by atoms with Crippen molar-refractivity contribution in [2.75, 3.05) is 0 Å². The van der Waals surface area contributed by atoms with Crippen molar-refractivity contribution in [2.45, 2.75) is 105 Å². The summed E-state index contributed by atoms with van der Waals surface area (Å²) in [7, 11) is 0. The number of fused-ring (bicyclic) bond motifs is 5. The summed E-state index contributed by atoms with van der Waals surface area (Å²) < 4.78 is 5.81. The Morgan fingerprint density at radius 3 is 2.44 bits per heavy atom. The van der Waals surface area contributed by atoms with Gasteiger partial charge < -0.3 is 9.84 Å². The molecule has 4 heteroatoms. The van der Waals surface area contributed by atoms with Gasteiger partial charge in [0, 0.05) is 17.8 Å². The molecule has 0 aromatic carbocycles. The molecule has 1 saturated heterocycles. The van der Waals surface area contributed by atoms with E-state index in [0.29, 0.717) is 30.5 Å². The summed E-state index contributed by atoms with van der Waals surface area (Å²) in [4.78, 5) is 26.0. The standard InChI is InChI=1S/C30H44O4/c1-17(2)22-10-8-18(26(33)34-22)25-21(31)16-30(7)20-9-11-23-27(3,4)24(32)13-14-28(23,5)19(20)12-15-29(25,30)6/h9,18-19,21-23,25,31H,1,8,10-16H2,2-7H3/t18-,19+,21+,22+,23+,25-,28-,29+,30-/m1/s1. The molecular weight excluding hydrogens is 424 g/mol. The minimum Gasteiger partial charge on any atom is -0.458 e. The van der Waals surface area contributed by atoms with E-state index >= 15 is 0 Å². The molecule has 5 rings (SSSR count). The van der Waals surface area contributed by atoms with Gasteiger partial charge in [-0.05, 0) is 85.5 Å². The Balaban J connectivity index is 1.50. The van der Waals surface area contributed by atoms with E-state index in [-0.39, 0.29) is 45.6 Å². The third-order valence-corrected chi connectivity index (χ3v) is 11.9. The molecule has 1 heterocycles. The molecule has 4 fully saturated rings. The van der Waals surface area contributed by atoms with E-state index in [2.05, 4.69) is 47.3 Å². The maximum Gasteiger partial charge on any atom is 0.309 e. The van der Waals surface area contributed by atoms with Gasteiger partial charge in [0.05, 0.1) is 12.0 Å². The van der Waals surface area contributed by atoms with Gasteiger partial charge in [-0.3, -0.25) is 9.59 Å². The van der Waals surface area contributed by atoms with Crippen LogP contribution in [0.15, 0.2) is 23.8 Å². The smallest absolute Gasteiger partial charge is 0.309 e. The van der Waals surface area contributed by atoms with Crippen LogP contribution in [0.1, 0.15) is 92.9 Å². The Morgan fingerprint density at radius 2 is 1.79 bits per heavy atom. The Kier molecular flexibility index (Phi) is 5.39. The van der Waals surface area contributed by atoms with Crippen LogP contribution < -0.4 is 0 Å². The lowest BCUT2D eigenvalue weighted by Gasteiger charge is -2.63. The molecule has 3 saturated carbocycles. The largest absolute Gasteiger partial charge is 0.458 e. The molecule has 0 aromatic rings. The molecule has 4 nitrogen and oxygen atoms in total. The van der Waals surface area contributed by atoms with Crippen molar-refractivity contribution >= 4 is 11.8 Å². The predicted molar refractivity (Wildman–Crippen MR) is 133 cm³/mol. The first kappa shape index (κ1) is 24.3. The Labute approximate surface area is 205 Å². The van der Waals surface area contributed by atoms with Crippen LogP contribution in [0, 0.1) is 45.3 Å². The maximum absolute atomic E-state index is 13.2. The van der Waals surface area contributed by atoms with Crippen LogP contribution in [0.4, 0.5) is 0 Å². The van der Waals surface area contributed by atoms with Gasteiger partial charge in [0.1, 0.15) is 11.9 Å². The van der Waals surface area contributed by atoms with E-state index in [9.17, 15) is 14.7 Å². The van der Waals surface area contributed by atoms with Crippen LogP contribution >= 0.6 is 0 Å². The number of carbonyl (C=O) groups is 2. The maximum atomic E-state index is 13.2. The normalized spacial score (nSPS) is 49.9. The van der Waals surface area contributed by atoms with Gasteiger partial charge in [-0.15, -0.1) is 0 Å².